The molecule has 2 aromatic carbocycles. The maximum absolute atomic E-state index is 5.29. The summed E-state index contributed by atoms with van der Waals surface area (Å²) in [7, 11) is 0. The summed E-state index contributed by atoms with van der Waals surface area (Å²) in [5, 5.41) is 0. The zero-order valence-corrected chi connectivity index (χ0v) is 38.9. The smallest absolute Gasteiger partial charge is 0.0634 e. The number of nitrogens with zero attached hydrogens (tertiary/aromatic N) is 2. The van der Waals surface area contributed by atoms with Crippen molar-refractivity contribution in [3.05, 3.63) is 71.8 Å². The van der Waals surface area contributed by atoms with Crippen molar-refractivity contribution in [3.8, 4) is 0 Å². The fourth-order valence-corrected chi connectivity index (χ4v) is 7.87. The number of aliphatic imine (C=N–C) groups is 2. The van der Waals surface area contributed by atoms with E-state index in [0.29, 0.717) is 0 Å². The molecule has 2 aromatic rings. The summed E-state index contributed by atoms with van der Waals surface area (Å²) in [5.41, 5.74) is 6.96. The standard InChI is InChI=1S/C56H92N2/c1-5-9-13-16-18-20-22-24-26-28-30-32-34-36-39-51-43-47-53(48-44-51)57-55(41-12-8-4)56(42-38-15-11-7-3)58-54-49-45-52(46-50-54)40-37-35-33-31-29-27-25-23-21-19-17-14-10-6-2/h36-37,39-40,43-50H,5-35,38,41-42H2,1-4H3. The molecule has 326 valence electrons. The van der Waals surface area contributed by atoms with E-state index in [1.54, 1.807) is 0 Å². The Hall–Kier alpha value is -2.74. The van der Waals surface area contributed by atoms with Crippen LogP contribution in [0.3, 0.4) is 0 Å². The molecule has 0 unspecified atom stereocenters. The first kappa shape index (κ1) is 51.4. The largest absolute Gasteiger partial charge is 0.252 e. The van der Waals surface area contributed by atoms with Crippen molar-refractivity contribution in [1.82, 2.24) is 0 Å². The van der Waals surface area contributed by atoms with Crippen LogP contribution in [0.15, 0.2) is 70.7 Å². The number of hydrogen-bond acceptors (Lipinski definition) is 2. The molecule has 0 aliphatic carbocycles. The van der Waals surface area contributed by atoms with E-state index in [1.165, 1.54) is 215 Å². The summed E-state index contributed by atoms with van der Waals surface area (Å²) in [4.78, 5) is 10.6. The highest BCUT2D eigenvalue weighted by Gasteiger charge is 2.11. The van der Waals surface area contributed by atoms with E-state index in [-0.39, 0.29) is 0 Å². The Morgan fingerprint density at radius 2 is 0.603 bits per heavy atom. The Labute approximate surface area is 361 Å². The average Bonchev–Trinajstić information content (AvgIpc) is 3.24. The normalized spacial score (nSPS) is 12.5. The van der Waals surface area contributed by atoms with E-state index in [2.05, 4.69) is 101 Å². The van der Waals surface area contributed by atoms with Gasteiger partial charge in [-0.3, -0.25) is 9.98 Å². The molecular weight excluding hydrogens is 701 g/mol. The Kier molecular flexibility index (Phi) is 34.1. The van der Waals surface area contributed by atoms with E-state index in [4.69, 9.17) is 9.98 Å². The fourth-order valence-electron chi connectivity index (χ4n) is 7.87. The molecule has 0 aliphatic heterocycles. The van der Waals surface area contributed by atoms with Gasteiger partial charge < -0.3 is 0 Å². The molecule has 0 spiro atoms. The van der Waals surface area contributed by atoms with Gasteiger partial charge in [-0.05, 0) is 86.8 Å². The fraction of sp³-hybridized carbons (Fsp3) is 0.679. The first-order chi connectivity index (χ1) is 28.7. The molecule has 0 radical (unpaired) electrons. The van der Waals surface area contributed by atoms with Gasteiger partial charge in [-0.2, -0.15) is 0 Å². The predicted octanol–water partition coefficient (Wildman–Crippen LogP) is 19.9. The minimum absolute atomic E-state index is 0.976. The van der Waals surface area contributed by atoms with Crippen molar-refractivity contribution in [2.24, 2.45) is 9.98 Å². The van der Waals surface area contributed by atoms with Crippen LogP contribution in [0.1, 0.15) is 257 Å². The van der Waals surface area contributed by atoms with Crippen molar-refractivity contribution in [2.75, 3.05) is 0 Å². The Morgan fingerprint density at radius 1 is 0.328 bits per heavy atom. The summed E-state index contributed by atoms with van der Waals surface area (Å²) in [6.45, 7) is 9.16. The molecule has 0 heterocycles. The number of unbranched alkanes of at least 4 members (excludes halogenated alkanes) is 28. The minimum Gasteiger partial charge on any atom is -0.252 e. The van der Waals surface area contributed by atoms with Gasteiger partial charge in [0.05, 0.1) is 22.8 Å². The van der Waals surface area contributed by atoms with Gasteiger partial charge >= 0.3 is 0 Å². The molecule has 2 heteroatoms. The second-order valence-corrected chi connectivity index (χ2v) is 17.4. The van der Waals surface area contributed by atoms with Gasteiger partial charge in [-0.1, -0.05) is 243 Å². The first-order valence-electron chi connectivity index (χ1n) is 25.4. The van der Waals surface area contributed by atoms with Crippen molar-refractivity contribution in [2.45, 2.75) is 246 Å². The van der Waals surface area contributed by atoms with Gasteiger partial charge in [-0.15, -0.1) is 0 Å². The van der Waals surface area contributed by atoms with Crippen LogP contribution < -0.4 is 0 Å². The van der Waals surface area contributed by atoms with Crippen molar-refractivity contribution in [3.63, 3.8) is 0 Å². The van der Waals surface area contributed by atoms with Crippen LogP contribution in [0.4, 0.5) is 11.4 Å². The van der Waals surface area contributed by atoms with Crippen molar-refractivity contribution >= 4 is 35.0 Å². The van der Waals surface area contributed by atoms with Crippen molar-refractivity contribution in [1.29, 1.82) is 0 Å². The molecule has 0 N–H and O–H groups in total. The summed E-state index contributed by atoms with van der Waals surface area (Å²) < 4.78 is 0. The predicted molar refractivity (Wildman–Crippen MR) is 265 cm³/mol. The third kappa shape index (κ3) is 28.6. The topological polar surface area (TPSA) is 24.7 Å². The molecule has 0 aromatic heterocycles. The Bertz CT molecular complexity index is 1310. The molecule has 0 saturated heterocycles. The number of rotatable bonds is 39. The van der Waals surface area contributed by atoms with E-state index >= 15 is 0 Å². The van der Waals surface area contributed by atoms with Gasteiger partial charge in [0, 0.05) is 0 Å². The zero-order chi connectivity index (χ0) is 41.4. The lowest BCUT2D eigenvalue weighted by Crippen LogP contribution is -2.14. The third-order valence-electron chi connectivity index (χ3n) is 11.8. The van der Waals surface area contributed by atoms with Crippen molar-refractivity contribution < 1.29 is 0 Å². The summed E-state index contributed by atoms with van der Waals surface area (Å²) >= 11 is 0. The first-order valence-corrected chi connectivity index (χ1v) is 25.4. The lowest BCUT2D eigenvalue weighted by atomic mass is 10.0. The molecular formula is C56H92N2. The Morgan fingerprint density at radius 3 is 0.931 bits per heavy atom. The molecule has 2 rings (SSSR count). The average molecular weight is 793 g/mol. The summed E-state index contributed by atoms with van der Waals surface area (Å²) in [6.07, 6.45) is 54.6. The highest BCUT2D eigenvalue weighted by atomic mass is 14.8. The molecule has 0 aliphatic rings. The van der Waals surface area contributed by atoms with Crippen LogP contribution in [0.25, 0.3) is 12.2 Å². The van der Waals surface area contributed by atoms with Crippen LogP contribution in [-0.2, 0) is 0 Å². The van der Waals surface area contributed by atoms with Gasteiger partial charge in [0.15, 0.2) is 0 Å². The van der Waals surface area contributed by atoms with E-state index < -0.39 is 0 Å². The lowest BCUT2D eigenvalue weighted by molar-refractivity contribution is 0.545. The minimum atomic E-state index is 0.976. The van der Waals surface area contributed by atoms with E-state index in [0.717, 1.165) is 37.1 Å². The van der Waals surface area contributed by atoms with Gasteiger partial charge in [0.25, 0.3) is 0 Å². The van der Waals surface area contributed by atoms with Crippen LogP contribution in [-0.4, -0.2) is 11.4 Å². The van der Waals surface area contributed by atoms with Gasteiger partial charge in [-0.25, -0.2) is 0 Å². The quantitative estimate of drug-likeness (QED) is 0.0476. The van der Waals surface area contributed by atoms with Crippen LogP contribution in [0, 0.1) is 0 Å². The SMILES string of the molecule is CCCCCCCCCCCCCCC=Cc1ccc(N=C(CCCC)C(CCCCCC)=Nc2ccc(C=CCCCCCCCCCCCCCC)cc2)cc1. The lowest BCUT2D eigenvalue weighted by Gasteiger charge is -2.12. The van der Waals surface area contributed by atoms with E-state index in [1.807, 2.05) is 0 Å². The highest BCUT2D eigenvalue weighted by Crippen LogP contribution is 2.22. The van der Waals surface area contributed by atoms with E-state index in [9.17, 15) is 0 Å². The molecule has 0 atom stereocenters. The monoisotopic (exact) mass is 793 g/mol. The maximum Gasteiger partial charge on any atom is 0.0634 e. The maximum atomic E-state index is 5.29. The number of benzene rings is 2. The van der Waals surface area contributed by atoms with Gasteiger partial charge in [0.2, 0.25) is 0 Å². The molecule has 58 heavy (non-hydrogen) atoms. The second kappa shape index (κ2) is 38.5. The summed E-state index contributed by atoms with van der Waals surface area (Å²) in [6, 6.07) is 17.7. The second-order valence-electron chi connectivity index (χ2n) is 17.4. The summed E-state index contributed by atoms with van der Waals surface area (Å²) in [5.74, 6) is 0. The Balaban J connectivity index is 1.86. The molecule has 0 bridgehead atoms. The van der Waals surface area contributed by atoms with Gasteiger partial charge in [0.1, 0.15) is 0 Å². The van der Waals surface area contributed by atoms with Crippen LogP contribution in [0.2, 0.25) is 0 Å². The molecule has 2 nitrogen and oxygen atoms in total. The highest BCUT2D eigenvalue weighted by molar-refractivity contribution is 6.43. The molecule has 0 amide bonds. The number of hydrogen-bond donors (Lipinski definition) is 0. The van der Waals surface area contributed by atoms with Crippen LogP contribution >= 0.6 is 0 Å². The third-order valence-corrected chi connectivity index (χ3v) is 11.8. The molecule has 0 fully saturated rings. The van der Waals surface area contributed by atoms with Crippen LogP contribution in [0.5, 0.6) is 0 Å². The number of allylic oxidation sites excluding steroid dienone is 2. The zero-order valence-electron chi connectivity index (χ0n) is 38.9. The molecule has 0 saturated carbocycles.